The first-order chi connectivity index (χ1) is 11.2. The van der Waals surface area contributed by atoms with Crippen LogP contribution in [0.3, 0.4) is 0 Å². The molecule has 0 radical (unpaired) electrons. The molecule has 1 fully saturated rings. The van der Waals surface area contributed by atoms with E-state index in [0.717, 1.165) is 25.2 Å². The van der Waals surface area contributed by atoms with E-state index in [9.17, 15) is 9.18 Å². The average molecular weight is 314 g/mol. The van der Waals surface area contributed by atoms with Crippen LogP contribution in [0, 0.1) is 5.82 Å². The summed E-state index contributed by atoms with van der Waals surface area (Å²) in [5.74, 6) is 1.18. The second-order valence-corrected chi connectivity index (χ2v) is 5.71. The number of halogens is 1. The molecule has 0 saturated carbocycles. The third kappa shape index (κ3) is 2.56. The number of aromatic amines is 2. The molecule has 0 bridgehead atoms. The van der Waals surface area contributed by atoms with Crippen LogP contribution in [0.1, 0.15) is 24.6 Å². The summed E-state index contributed by atoms with van der Waals surface area (Å²) in [7, 11) is 0. The number of hydrogen-bond donors (Lipinski definition) is 2. The predicted molar refractivity (Wildman–Crippen MR) is 82.9 cm³/mol. The van der Waals surface area contributed by atoms with E-state index in [2.05, 4.69) is 30.0 Å². The van der Waals surface area contributed by atoms with Gasteiger partial charge in [-0.2, -0.15) is 5.10 Å². The van der Waals surface area contributed by atoms with Crippen molar-refractivity contribution in [1.29, 1.82) is 0 Å². The Hall–Kier alpha value is -2.77. The number of piperidine rings is 1. The second-order valence-electron chi connectivity index (χ2n) is 5.71. The van der Waals surface area contributed by atoms with Gasteiger partial charge in [-0.05, 0) is 31.0 Å². The van der Waals surface area contributed by atoms with Gasteiger partial charge in [-0.15, -0.1) is 0 Å². The number of benzene rings is 1. The summed E-state index contributed by atoms with van der Waals surface area (Å²) in [6.07, 6.45) is 3.38. The summed E-state index contributed by atoms with van der Waals surface area (Å²) in [5.41, 5.74) is 0.415. The first kappa shape index (κ1) is 13.9. The van der Waals surface area contributed by atoms with Crippen LogP contribution >= 0.6 is 0 Å². The molecule has 0 aliphatic carbocycles. The Morgan fingerprint density at radius 1 is 1.30 bits per heavy atom. The Labute approximate surface area is 130 Å². The molecule has 0 spiro atoms. The van der Waals surface area contributed by atoms with Crippen molar-refractivity contribution in [3.8, 4) is 0 Å². The molecule has 118 valence electrons. The average Bonchev–Trinajstić information content (AvgIpc) is 3.01. The van der Waals surface area contributed by atoms with E-state index in [1.807, 2.05) is 0 Å². The van der Waals surface area contributed by atoms with Crippen molar-refractivity contribution in [2.24, 2.45) is 0 Å². The van der Waals surface area contributed by atoms with E-state index in [1.165, 1.54) is 18.5 Å². The van der Waals surface area contributed by atoms with Gasteiger partial charge < -0.3 is 4.90 Å². The number of rotatable bonds is 2. The number of anilines is 1. The van der Waals surface area contributed by atoms with Crippen molar-refractivity contribution < 1.29 is 4.39 Å². The number of nitrogens with zero attached hydrogens (tertiary/aromatic N) is 4. The molecule has 1 atom stereocenters. The molecule has 1 aliphatic heterocycles. The largest absolute Gasteiger partial charge is 0.355 e. The van der Waals surface area contributed by atoms with E-state index < -0.39 is 0 Å². The number of fused-ring (bicyclic) bond motifs is 1. The molecule has 0 amide bonds. The lowest BCUT2D eigenvalue weighted by Crippen LogP contribution is -2.35. The molecule has 8 heteroatoms. The lowest BCUT2D eigenvalue weighted by molar-refractivity contribution is 0.490. The summed E-state index contributed by atoms with van der Waals surface area (Å²) in [5, 5.41) is 7.13. The number of H-pyrrole nitrogens is 2. The van der Waals surface area contributed by atoms with Crippen molar-refractivity contribution in [3.63, 3.8) is 0 Å². The van der Waals surface area contributed by atoms with Crippen molar-refractivity contribution in [2.45, 2.75) is 18.8 Å². The Balaban J connectivity index is 1.70. The van der Waals surface area contributed by atoms with Gasteiger partial charge in [-0.3, -0.25) is 4.98 Å². The fourth-order valence-corrected chi connectivity index (χ4v) is 3.14. The second kappa shape index (κ2) is 5.45. The number of hydrogen-bond acceptors (Lipinski definition) is 5. The first-order valence-electron chi connectivity index (χ1n) is 7.50. The zero-order valence-corrected chi connectivity index (χ0v) is 12.3. The minimum absolute atomic E-state index is 0.112. The van der Waals surface area contributed by atoms with Crippen LogP contribution in [0.25, 0.3) is 10.9 Å². The molecule has 2 N–H and O–H groups in total. The van der Waals surface area contributed by atoms with Gasteiger partial charge in [0.05, 0.1) is 5.52 Å². The maximum Gasteiger partial charge on any atom is 0.340 e. The molecular weight excluding hydrogens is 299 g/mol. The maximum atomic E-state index is 13.6. The van der Waals surface area contributed by atoms with Gasteiger partial charge in [0.1, 0.15) is 23.8 Å². The van der Waals surface area contributed by atoms with Crippen LogP contribution in [0.4, 0.5) is 10.2 Å². The Bertz CT molecular complexity index is 904. The molecule has 4 rings (SSSR count). The van der Waals surface area contributed by atoms with E-state index >= 15 is 0 Å². The van der Waals surface area contributed by atoms with Crippen molar-refractivity contribution >= 4 is 16.7 Å². The van der Waals surface area contributed by atoms with E-state index in [-0.39, 0.29) is 17.4 Å². The van der Waals surface area contributed by atoms with Gasteiger partial charge in [-0.1, -0.05) is 0 Å². The normalized spacial score (nSPS) is 18.5. The van der Waals surface area contributed by atoms with Crippen LogP contribution < -0.4 is 10.6 Å². The van der Waals surface area contributed by atoms with Crippen LogP contribution in [0.5, 0.6) is 0 Å². The number of aromatic nitrogens is 5. The van der Waals surface area contributed by atoms with E-state index in [1.54, 1.807) is 6.07 Å². The highest BCUT2D eigenvalue weighted by atomic mass is 19.1. The van der Waals surface area contributed by atoms with Gasteiger partial charge >= 0.3 is 5.69 Å². The highest BCUT2D eigenvalue weighted by Crippen LogP contribution is 2.30. The number of nitrogens with one attached hydrogen (secondary N) is 2. The molecule has 2 aromatic heterocycles. The topological polar surface area (TPSA) is 90.6 Å². The molecule has 1 aliphatic rings. The quantitative estimate of drug-likeness (QED) is 0.749. The van der Waals surface area contributed by atoms with Gasteiger partial charge in [0.15, 0.2) is 0 Å². The van der Waals surface area contributed by atoms with Gasteiger partial charge in [0.25, 0.3) is 0 Å². The molecule has 3 aromatic rings. The molecule has 0 unspecified atom stereocenters. The van der Waals surface area contributed by atoms with Crippen molar-refractivity contribution in [1.82, 2.24) is 25.1 Å². The van der Waals surface area contributed by atoms with Crippen LogP contribution in [-0.2, 0) is 0 Å². The molecule has 1 aromatic carbocycles. The van der Waals surface area contributed by atoms with Gasteiger partial charge in [0, 0.05) is 24.4 Å². The zero-order chi connectivity index (χ0) is 15.8. The highest BCUT2D eigenvalue weighted by Gasteiger charge is 2.25. The molecule has 7 nitrogen and oxygen atoms in total. The van der Waals surface area contributed by atoms with Crippen molar-refractivity contribution in [3.05, 3.63) is 46.7 Å². The molecule has 3 heterocycles. The van der Waals surface area contributed by atoms with E-state index in [0.29, 0.717) is 23.3 Å². The summed E-state index contributed by atoms with van der Waals surface area (Å²) >= 11 is 0. The molecule has 1 saturated heterocycles. The first-order valence-corrected chi connectivity index (χ1v) is 7.50. The summed E-state index contributed by atoms with van der Waals surface area (Å²) in [4.78, 5) is 24.6. The zero-order valence-electron chi connectivity index (χ0n) is 12.3. The summed E-state index contributed by atoms with van der Waals surface area (Å²) in [6.45, 7) is 1.50. The molecule has 23 heavy (non-hydrogen) atoms. The Morgan fingerprint density at radius 3 is 3.04 bits per heavy atom. The third-order valence-corrected chi connectivity index (χ3v) is 4.20. The Kier molecular flexibility index (Phi) is 3.29. The van der Waals surface area contributed by atoms with E-state index in [4.69, 9.17) is 0 Å². The van der Waals surface area contributed by atoms with Crippen LogP contribution in [0.2, 0.25) is 0 Å². The van der Waals surface area contributed by atoms with Gasteiger partial charge in [0.2, 0.25) is 0 Å². The van der Waals surface area contributed by atoms with Crippen LogP contribution in [0.15, 0.2) is 29.3 Å². The predicted octanol–water partition coefficient (Wildman–Crippen LogP) is 1.56. The molecular formula is C15H15FN6O. The smallest absolute Gasteiger partial charge is 0.340 e. The monoisotopic (exact) mass is 314 g/mol. The van der Waals surface area contributed by atoms with Crippen LogP contribution in [-0.4, -0.2) is 38.2 Å². The minimum Gasteiger partial charge on any atom is -0.355 e. The lowest BCUT2D eigenvalue weighted by atomic mass is 9.97. The fourth-order valence-electron chi connectivity index (χ4n) is 3.14. The fraction of sp³-hybridized carbons (Fsp3) is 0.333. The highest BCUT2D eigenvalue weighted by molar-refractivity contribution is 5.89. The SMILES string of the molecule is O=c1[nH]nc([C@H]2CCCN(c3ncnc4ccc(F)cc34)C2)[nH]1. The summed E-state index contributed by atoms with van der Waals surface area (Å²) in [6, 6.07) is 4.51. The third-order valence-electron chi connectivity index (χ3n) is 4.20. The minimum atomic E-state index is -0.307. The van der Waals surface area contributed by atoms with Crippen molar-refractivity contribution in [2.75, 3.05) is 18.0 Å². The lowest BCUT2D eigenvalue weighted by Gasteiger charge is -2.33. The Morgan fingerprint density at radius 2 is 2.22 bits per heavy atom. The maximum absolute atomic E-state index is 13.6. The van der Waals surface area contributed by atoms with Gasteiger partial charge in [-0.25, -0.2) is 24.3 Å². The standard InChI is InChI=1S/C15H15FN6O/c16-10-3-4-12-11(6-10)14(18-8-17-12)22-5-1-2-9(7-22)13-19-15(23)21-20-13/h3-4,6,8-9H,1-2,5,7H2,(H2,19,20,21,23)/t9-/m0/s1. The summed E-state index contributed by atoms with van der Waals surface area (Å²) < 4.78 is 13.6.